The number of anilines is 1. The Morgan fingerprint density at radius 2 is 2.11 bits per heavy atom. The van der Waals surface area contributed by atoms with Gasteiger partial charge < -0.3 is 5.32 Å². The van der Waals surface area contributed by atoms with Crippen LogP contribution in [-0.4, -0.2) is 26.4 Å². The van der Waals surface area contributed by atoms with Gasteiger partial charge in [0.2, 0.25) is 4.96 Å². The first-order valence-electron chi connectivity index (χ1n) is 5.77. The van der Waals surface area contributed by atoms with E-state index in [0.29, 0.717) is 0 Å². The summed E-state index contributed by atoms with van der Waals surface area (Å²) in [6, 6.07) is 8.39. The summed E-state index contributed by atoms with van der Waals surface area (Å²) in [5.41, 5.74) is 2.41. The van der Waals surface area contributed by atoms with Gasteiger partial charge in [-0.1, -0.05) is 29.0 Å². The molecule has 5 nitrogen and oxygen atoms in total. The molecule has 92 valence electrons. The number of nitrogens with one attached hydrogen (secondary N) is 1. The highest BCUT2D eigenvalue weighted by Gasteiger charge is 2.04. The summed E-state index contributed by atoms with van der Waals surface area (Å²) >= 11 is 1.58. The summed E-state index contributed by atoms with van der Waals surface area (Å²) in [6.07, 6.45) is 2.52. The van der Waals surface area contributed by atoms with Crippen molar-refractivity contribution in [2.75, 3.05) is 11.9 Å². The van der Waals surface area contributed by atoms with Crippen molar-refractivity contribution in [1.82, 2.24) is 19.8 Å². The monoisotopic (exact) mass is 259 g/mol. The topological polar surface area (TPSA) is 55.1 Å². The summed E-state index contributed by atoms with van der Waals surface area (Å²) in [6.45, 7) is 2.95. The molecule has 0 bridgehead atoms. The predicted molar refractivity (Wildman–Crippen MR) is 72.0 cm³/mol. The lowest BCUT2D eigenvalue weighted by Crippen LogP contribution is -2.04. The average Bonchev–Trinajstić information content (AvgIpc) is 2.92. The number of hydrogen-bond acceptors (Lipinski definition) is 5. The fourth-order valence-corrected chi connectivity index (χ4v) is 2.50. The summed E-state index contributed by atoms with van der Waals surface area (Å²) in [7, 11) is 0. The molecule has 0 amide bonds. The fraction of sp³-hybridized carbons (Fsp3) is 0.250. The van der Waals surface area contributed by atoms with Crippen molar-refractivity contribution in [3.63, 3.8) is 0 Å². The van der Waals surface area contributed by atoms with Crippen molar-refractivity contribution < 1.29 is 0 Å². The molecule has 1 N–H and O–H groups in total. The molecule has 3 rings (SSSR count). The third-order valence-electron chi connectivity index (χ3n) is 2.65. The Balaban J connectivity index is 1.58. The van der Waals surface area contributed by atoms with Gasteiger partial charge in [0.05, 0.1) is 0 Å². The first-order valence-corrected chi connectivity index (χ1v) is 6.59. The molecule has 0 unspecified atom stereocenters. The van der Waals surface area contributed by atoms with Crippen molar-refractivity contribution >= 4 is 22.0 Å². The Morgan fingerprint density at radius 1 is 1.28 bits per heavy atom. The van der Waals surface area contributed by atoms with Crippen LogP contribution in [-0.2, 0) is 6.42 Å². The van der Waals surface area contributed by atoms with E-state index in [1.807, 2.05) is 0 Å². The number of aryl methyl sites for hydroxylation is 1. The lowest BCUT2D eigenvalue weighted by Gasteiger charge is -2.04. The van der Waals surface area contributed by atoms with E-state index in [9.17, 15) is 0 Å². The zero-order chi connectivity index (χ0) is 12.4. The van der Waals surface area contributed by atoms with E-state index < -0.39 is 0 Å². The standard InChI is InChI=1S/C12H13N5S/c1-9-2-4-10(5-3-9)13-7-6-11-16-17-8-14-15-12(17)18-11/h2-5,8,13H,6-7H2,1H3. The minimum atomic E-state index is 0.848. The normalized spacial score (nSPS) is 10.9. The van der Waals surface area contributed by atoms with Crippen LogP contribution in [0.15, 0.2) is 30.6 Å². The highest BCUT2D eigenvalue weighted by Crippen LogP contribution is 2.13. The molecule has 0 saturated carbocycles. The molecule has 0 spiro atoms. The van der Waals surface area contributed by atoms with Gasteiger partial charge in [-0.25, -0.2) is 0 Å². The van der Waals surface area contributed by atoms with Gasteiger partial charge in [0, 0.05) is 18.7 Å². The van der Waals surface area contributed by atoms with Crippen molar-refractivity contribution in [3.05, 3.63) is 41.2 Å². The van der Waals surface area contributed by atoms with Gasteiger partial charge in [0.25, 0.3) is 0 Å². The van der Waals surface area contributed by atoms with Gasteiger partial charge in [-0.05, 0) is 19.1 Å². The number of hydrogen-bond donors (Lipinski definition) is 1. The zero-order valence-electron chi connectivity index (χ0n) is 10.00. The zero-order valence-corrected chi connectivity index (χ0v) is 10.8. The van der Waals surface area contributed by atoms with E-state index in [2.05, 4.69) is 51.8 Å². The Labute approximate surface area is 108 Å². The van der Waals surface area contributed by atoms with Crippen LogP contribution in [0.4, 0.5) is 5.69 Å². The van der Waals surface area contributed by atoms with Crippen molar-refractivity contribution in [2.45, 2.75) is 13.3 Å². The van der Waals surface area contributed by atoms with E-state index in [1.54, 1.807) is 22.2 Å². The van der Waals surface area contributed by atoms with E-state index in [4.69, 9.17) is 0 Å². The molecule has 0 fully saturated rings. The Bertz CT molecular complexity index is 611. The maximum absolute atomic E-state index is 4.39. The highest BCUT2D eigenvalue weighted by molar-refractivity contribution is 7.16. The van der Waals surface area contributed by atoms with Crippen LogP contribution in [0.25, 0.3) is 4.96 Å². The number of nitrogens with zero attached hydrogens (tertiary/aromatic N) is 4. The largest absolute Gasteiger partial charge is 0.385 e. The molecule has 18 heavy (non-hydrogen) atoms. The molecule has 0 radical (unpaired) electrons. The number of rotatable bonds is 4. The van der Waals surface area contributed by atoms with E-state index in [1.165, 1.54) is 5.56 Å². The maximum Gasteiger partial charge on any atom is 0.234 e. The van der Waals surface area contributed by atoms with Crippen LogP contribution >= 0.6 is 11.3 Å². The Morgan fingerprint density at radius 3 is 2.89 bits per heavy atom. The van der Waals surface area contributed by atoms with Gasteiger partial charge >= 0.3 is 0 Å². The molecule has 6 heteroatoms. The smallest absolute Gasteiger partial charge is 0.234 e. The number of benzene rings is 1. The molecule has 0 aliphatic carbocycles. The maximum atomic E-state index is 4.39. The van der Waals surface area contributed by atoms with E-state index in [-0.39, 0.29) is 0 Å². The van der Waals surface area contributed by atoms with Crippen LogP contribution < -0.4 is 5.32 Å². The third kappa shape index (κ3) is 2.33. The Hall–Kier alpha value is -1.95. The molecule has 2 heterocycles. The molecule has 0 saturated heterocycles. The second-order valence-electron chi connectivity index (χ2n) is 4.10. The molecule has 0 atom stereocenters. The van der Waals surface area contributed by atoms with Gasteiger partial charge in [0.15, 0.2) is 0 Å². The van der Waals surface area contributed by atoms with Gasteiger partial charge in [-0.2, -0.15) is 9.61 Å². The lowest BCUT2D eigenvalue weighted by molar-refractivity contribution is 0.880. The van der Waals surface area contributed by atoms with Gasteiger partial charge in [-0.3, -0.25) is 0 Å². The lowest BCUT2D eigenvalue weighted by atomic mass is 10.2. The van der Waals surface area contributed by atoms with Gasteiger partial charge in [-0.15, -0.1) is 10.2 Å². The van der Waals surface area contributed by atoms with Crippen molar-refractivity contribution in [2.24, 2.45) is 0 Å². The average molecular weight is 259 g/mol. The first kappa shape index (κ1) is 11.2. The summed E-state index contributed by atoms with van der Waals surface area (Å²) in [5.74, 6) is 0. The summed E-state index contributed by atoms with van der Waals surface area (Å²) < 4.78 is 1.71. The van der Waals surface area contributed by atoms with E-state index in [0.717, 1.165) is 28.6 Å². The molecule has 2 aromatic heterocycles. The second-order valence-corrected chi connectivity index (χ2v) is 5.14. The van der Waals surface area contributed by atoms with Crippen molar-refractivity contribution in [1.29, 1.82) is 0 Å². The molecule has 0 aliphatic rings. The quantitative estimate of drug-likeness (QED) is 0.780. The van der Waals surface area contributed by atoms with Gasteiger partial charge in [0.1, 0.15) is 11.3 Å². The SMILES string of the molecule is Cc1ccc(NCCc2nn3cnnc3s2)cc1. The van der Waals surface area contributed by atoms with Crippen LogP contribution in [0.5, 0.6) is 0 Å². The minimum Gasteiger partial charge on any atom is -0.385 e. The highest BCUT2D eigenvalue weighted by atomic mass is 32.1. The Kier molecular flexibility index (Phi) is 2.93. The first-order chi connectivity index (χ1) is 8.81. The van der Waals surface area contributed by atoms with Crippen LogP contribution in [0.2, 0.25) is 0 Å². The summed E-state index contributed by atoms with van der Waals surface area (Å²) in [4.78, 5) is 0.848. The van der Waals surface area contributed by atoms with Crippen LogP contribution in [0.1, 0.15) is 10.6 Å². The fourth-order valence-electron chi connectivity index (χ4n) is 1.69. The van der Waals surface area contributed by atoms with Crippen LogP contribution in [0.3, 0.4) is 0 Å². The third-order valence-corrected chi connectivity index (χ3v) is 3.62. The summed E-state index contributed by atoms with van der Waals surface area (Å²) in [5, 5.41) is 16.6. The minimum absolute atomic E-state index is 0.848. The van der Waals surface area contributed by atoms with Crippen LogP contribution in [0, 0.1) is 6.92 Å². The second kappa shape index (κ2) is 4.73. The van der Waals surface area contributed by atoms with Crippen molar-refractivity contribution in [3.8, 4) is 0 Å². The molecular weight excluding hydrogens is 246 g/mol. The molecule has 3 aromatic rings. The van der Waals surface area contributed by atoms with E-state index >= 15 is 0 Å². The molecule has 1 aromatic carbocycles. The number of fused-ring (bicyclic) bond motifs is 1. The molecular formula is C12H13N5S. The molecule has 0 aliphatic heterocycles. The predicted octanol–water partition coefficient (Wildman–Crippen LogP) is 2.15. The number of aromatic nitrogens is 4.